The van der Waals surface area contributed by atoms with Gasteiger partial charge < -0.3 is 10.4 Å². The molecule has 94 valence electrons. The summed E-state index contributed by atoms with van der Waals surface area (Å²) in [6, 6.07) is 2.00. The van der Waals surface area contributed by atoms with Crippen LogP contribution in [0.1, 0.15) is 32.6 Å². The maximum atomic E-state index is 9.70. The summed E-state index contributed by atoms with van der Waals surface area (Å²) in [4.78, 5) is 4.14. The number of hydrogen-bond donors (Lipinski definition) is 2. The van der Waals surface area contributed by atoms with Crippen molar-refractivity contribution in [3.8, 4) is 0 Å². The van der Waals surface area contributed by atoms with Crippen LogP contribution in [0.15, 0.2) is 22.9 Å². The zero-order valence-electron chi connectivity index (χ0n) is 10.1. The molecule has 2 rings (SSSR count). The molecule has 1 fully saturated rings. The Morgan fingerprint density at radius 3 is 3.06 bits per heavy atom. The summed E-state index contributed by atoms with van der Waals surface area (Å²) >= 11 is 3.41. The summed E-state index contributed by atoms with van der Waals surface area (Å²) < 4.78 is 0.958. The van der Waals surface area contributed by atoms with Crippen LogP contribution in [0.3, 0.4) is 0 Å². The highest BCUT2D eigenvalue weighted by atomic mass is 79.9. The highest BCUT2D eigenvalue weighted by Gasteiger charge is 2.34. The van der Waals surface area contributed by atoms with Crippen molar-refractivity contribution in [3.05, 3.63) is 22.9 Å². The van der Waals surface area contributed by atoms with Crippen molar-refractivity contribution < 1.29 is 5.11 Å². The quantitative estimate of drug-likeness (QED) is 0.901. The Hall–Kier alpha value is -0.610. The van der Waals surface area contributed by atoms with E-state index in [0.29, 0.717) is 5.92 Å². The number of pyridine rings is 1. The minimum atomic E-state index is -0.167. The van der Waals surface area contributed by atoms with Crippen molar-refractivity contribution in [1.82, 2.24) is 4.98 Å². The summed E-state index contributed by atoms with van der Waals surface area (Å²) in [5, 5.41) is 13.2. The second-order valence-corrected chi connectivity index (χ2v) is 6.07. The van der Waals surface area contributed by atoms with Crippen LogP contribution in [-0.4, -0.2) is 22.2 Å². The van der Waals surface area contributed by atoms with E-state index < -0.39 is 0 Å². The highest BCUT2D eigenvalue weighted by Crippen LogP contribution is 2.34. The van der Waals surface area contributed by atoms with Crippen molar-refractivity contribution in [3.63, 3.8) is 0 Å². The molecule has 17 heavy (non-hydrogen) atoms. The number of rotatable bonds is 3. The van der Waals surface area contributed by atoms with E-state index in [0.717, 1.165) is 23.0 Å². The maximum Gasteiger partial charge on any atom is 0.0661 e. The molecule has 1 aromatic heterocycles. The fourth-order valence-electron chi connectivity index (χ4n) is 2.74. The predicted molar refractivity (Wildman–Crippen MR) is 73.0 cm³/mol. The number of aliphatic hydroxyl groups excluding tert-OH is 1. The number of hydrogen-bond acceptors (Lipinski definition) is 3. The van der Waals surface area contributed by atoms with Crippen LogP contribution < -0.4 is 5.32 Å². The molecule has 1 aliphatic carbocycles. The van der Waals surface area contributed by atoms with Crippen LogP contribution in [0.25, 0.3) is 0 Å². The molecule has 2 atom stereocenters. The Morgan fingerprint density at radius 2 is 2.41 bits per heavy atom. The third kappa shape index (κ3) is 3.19. The Bertz CT molecular complexity index is 385. The van der Waals surface area contributed by atoms with Crippen molar-refractivity contribution in [2.75, 3.05) is 11.9 Å². The molecule has 3 nitrogen and oxygen atoms in total. The SMILES string of the molecule is CC1CCCC(CO)(Nc2cncc(Br)c2)C1. The van der Waals surface area contributed by atoms with E-state index in [1.165, 1.54) is 12.8 Å². The average molecular weight is 299 g/mol. The lowest BCUT2D eigenvalue weighted by Gasteiger charge is -2.40. The lowest BCUT2D eigenvalue weighted by molar-refractivity contribution is 0.149. The van der Waals surface area contributed by atoms with Crippen LogP contribution in [0.2, 0.25) is 0 Å². The Labute approximate surface area is 111 Å². The van der Waals surface area contributed by atoms with Gasteiger partial charge in [-0.15, -0.1) is 0 Å². The molecule has 0 saturated heterocycles. The van der Waals surface area contributed by atoms with Gasteiger partial charge in [0.25, 0.3) is 0 Å². The number of aromatic nitrogens is 1. The molecule has 0 spiro atoms. The van der Waals surface area contributed by atoms with Gasteiger partial charge in [-0.25, -0.2) is 0 Å². The second kappa shape index (κ2) is 5.36. The fraction of sp³-hybridized carbons (Fsp3) is 0.615. The first kappa shape index (κ1) is 12.8. The first-order valence-electron chi connectivity index (χ1n) is 6.13. The molecule has 1 saturated carbocycles. The number of aliphatic hydroxyl groups is 1. The van der Waals surface area contributed by atoms with E-state index >= 15 is 0 Å². The van der Waals surface area contributed by atoms with Gasteiger partial charge in [-0.05, 0) is 40.8 Å². The molecule has 4 heteroatoms. The highest BCUT2D eigenvalue weighted by molar-refractivity contribution is 9.10. The van der Waals surface area contributed by atoms with Gasteiger partial charge in [0.05, 0.1) is 24.0 Å². The van der Waals surface area contributed by atoms with Crippen molar-refractivity contribution in [1.29, 1.82) is 0 Å². The Kier molecular flexibility index (Phi) is 4.05. The Morgan fingerprint density at radius 1 is 1.59 bits per heavy atom. The Balaban J connectivity index is 2.13. The molecule has 0 amide bonds. The van der Waals surface area contributed by atoms with E-state index in [4.69, 9.17) is 0 Å². The number of nitrogens with zero attached hydrogens (tertiary/aromatic N) is 1. The number of halogens is 1. The molecule has 2 N–H and O–H groups in total. The van der Waals surface area contributed by atoms with Gasteiger partial charge in [0, 0.05) is 10.7 Å². The zero-order chi connectivity index (χ0) is 12.3. The second-order valence-electron chi connectivity index (χ2n) is 5.16. The molecular weight excluding hydrogens is 280 g/mol. The minimum Gasteiger partial charge on any atom is -0.394 e. The van der Waals surface area contributed by atoms with Crippen molar-refractivity contribution in [2.24, 2.45) is 5.92 Å². The summed E-state index contributed by atoms with van der Waals surface area (Å²) in [5.41, 5.74) is 0.808. The molecule has 0 bridgehead atoms. The third-order valence-electron chi connectivity index (χ3n) is 3.51. The van der Waals surface area contributed by atoms with Gasteiger partial charge in [0.1, 0.15) is 0 Å². The van der Waals surface area contributed by atoms with E-state index in [2.05, 4.69) is 33.2 Å². The van der Waals surface area contributed by atoms with Gasteiger partial charge in [-0.2, -0.15) is 0 Å². The largest absolute Gasteiger partial charge is 0.394 e. The topological polar surface area (TPSA) is 45.1 Å². The molecule has 0 radical (unpaired) electrons. The minimum absolute atomic E-state index is 0.167. The first-order chi connectivity index (χ1) is 8.13. The van der Waals surface area contributed by atoms with Crippen LogP contribution in [0.4, 0.5) is 5.69 Å². The van der Waals surface area contributed by atoms with Gasteiger partial charge in [-0.3, -0.25) is 4.98 Å². The van der Waals surface area contributed by atoms with E-state index in [1.54, 1.807) is 12.4 Å². The first-order valence-corrected chi connectivity index (χ1v) is 6.92. The summed E-state index contributed by atoms with van der Waals surface area (Å²) in [5.74, 6) is 0.670. The van der Waals surface area contributed by atoms with Gasteiger partial charge in [-0.1, -0.05) is 19.8 Å². The lowest BCUT2D eigenvalue weighted by atomic mass is 9.76. The molecule has 1 aromatic rings. The van der Waals surface area contributed by atoms with Gasteiger partial charge >= 0.3 is 0 Å². The molecule has 0 aromatic carbocycles. The smallest absolute Gasteiger partial charge is 0.0661 e. The van der Waals surface area contributed by atoms with Gasteiger partial charge in [0.2, 0.25) is 0 Å². The molecule has 0 aliphatic heterocycles. The summed E-state index contributed by atoms with van der Waals surface area (Å²) in [7, 11) is 0. The standard InChI is InChI=1S/C13H19BrN2O/c1-10-3-2-4-13(6-10,9-17)16-12-5-11(14)7-15-8-12/h5,7-8,10,16-17H,2-4,6,9H2,1H3. The zero-order valence-corrected chi connectivity index (χ0v) is 11.7. The van der Waals surface area contributed by atoms with E-state index in [-0.39, 0.29) is 12.1 Å². The molecule has 2 unspecified atom stereocenters. The molecule has 1 aliphatic rings. The lowest BCUT2D eigenvalue weighted by Crippen LogP contribution is -2.45. The van der Waals surface area contributed by atoms with Crippen LogP contribution in [-0.2, 0) is 0 Å². The van der Waals surface area contributed by atoms with Crippen LogP contribution in [0.5, 0.6) is 0 Å². The van der Waals surface area contributed by atoms with Crippen molar-refractivity contribution >= 4 is 21.6 Å². The fourth-order valence-corrected chi connectivity index (χ4v) is 3.11. The van der Waals surface area contributed by atoms with Crippen LogP contribution in [0, 0.1) is 5.92 Å². The predicted octanol–water partition coefficient (Wildman–Crippen LogP) is 3.20. The summed E-state index contributed by atoms with van der Waals surface area (Å²) in [6.45, 7) is 2.44. The monoisotopic (exact) mass is 298 g/mol. The van der Waals surface area contributed by atoms with Crippen LogP contribution >= 0.6 is 15.9 Å². The van der Waals surface area contributed by atoms with Crippen molar-refractivity contribution in [2.45, 2.75) is 38.1 Å². The number of nitrogens with one attached hydrogen (secondary N) is 1. The normalized spacial score (nSPS) is 29.0. The number of anilines is 1. The maximum absolute atomic E-state index is 9.70. The molecule has 1 heterocycles. The summed E-state index contributed by atoms with van der Waals surface area (Å²) in [6.07, 6.45) is 8.06. The average Bonchev–Trinajstić information content (AvgIpc) is 2.29. The molecular formula is C13H19BrN2O. The third-order valence-corrected chi connectivity index (χ3v) is 3.94. The van der Waals surface area contributed by atoms with Gasteiger partial charge in [0.15, 0.2) is 0 Å². The van der Waals surface area contributed by atoms with E-state index in [9.17, 15) is 5.11 Å². The van der Waals surface area contributed by atoms with E-state index in [1.807, 2.05) is 6.07 Å².